The van der Waals surface area contributed by atoms with Gasteiger partial charge in [0.1, 0.15) is 5.82 Å². The molecule has 1 fully saturated rings. The zero-order valence-electron chi connectivity index (χ0n) is 14.8. The normalized spacial score (nSPS) is 15.2. The number of pyridine rings is 1. The molecule has 0 radical (unpaired) electrons. The molecule has 2 rings (SSSR count). The predicted molar refractivity (Wildman–Crippen MR) is 94.4 cm³/mol. The average molecular weight is 336 g/mol. The minimum Gasteiger partial charge on any atom is -0.395 e. The van der Waals surface area contributed by atoms with Crippen molar-refractivity contribution in [3.05, 3.63) is 18.3 Å². The van der Waals surface area contributed by atoms with Crippen molar-refractivity contribution < 1.29 is 14.6 Å². The summed E-state index contributed by atoms with van der Waals surface area (Å²) in [6.45, 7) is 10.1. The molecule has 7 nitrogen and oxygen atoms in total. The number of morpholine rings is 1. The summed E-state index contributed by atoms with van der Waals surface area (Å²) in [5.41, 5.74) is 0.610. The van der Waals surface area contributed by atoms with Gasteiger partial charge in [-0.2, -0.15) is 0 Å². The van der Waals surface area contributed by atoms with E-state index in [0.29, 0.717) is 32.0 Å². The summed E-state index contributed by atoms with van der Waals surface area (Å²) < 4.78 is 5.33. The lowest BCUT2D eigenvalue weighted by Crippen LogP contribution is -2.42. The van der Waals surface area contributed by atoms with E-state index in [1.54, 1.807) is 11.1 Å². The number of carbonyl (C=O) groups is 1. The standard InChI is InChI=1S/C17H28N4O3/c1-17(2,3)13-21(6-9-22)16(23)19-14-4-5-15(18-12-14)20-7-10-24-11-8-20/h4-5,12,22H,6-11,13H2,1-3H3,(H,19,23). The van der Waals surface area contributed by atoms with Crippen LogP contribution in [-0.2, 0) is 4.74 Å². The molecule has 134 valence electrons. The van der Waals surface area contributed by atoms with Crippen LogP contribution in [0.5, 0.6) is 0 Å². The molecule has 7 heteroatoms. The monoisotopic (exact) mass is 336 g/mol. The summed E-state index contributed by atoms with van der Waals surface area (Å²) in [4.78, 5) is 20.6. The van der Waals surface area contributed by atoms with Gasteiger partial charge in [-0.3, -0.25) is 0 Å². The van der Waals surface area contributed by atoms with Crippen molar-refractivity contribution in [2.45, 2.75) is 20.8 Å². The molecule has 1 aliphatic rings. The van der Waals surface area contributed by atoms with E-state index in [4.69, 9.17) is 4.74 Å². The van der Waals surface area contributed by atoms with Crippen molar-refractivity contribution in [1.29, 1.82) is 0 Å². The first-order chi connectivity index (χ1) is 11.4. The second-order valence-corrected chi connectivity index (χ2v) is 7.14. The predicted octanol–water partition coefficient (Wildman–Crippen LogP) is 1.79. The van der Waals surface area contributed by atoms with Gasteiger partial charge in [-0.05, 0) is 17.5 Å². The molecule has 1 aromatic heterocycles. The number of aliphatic hydroxyl groups is 1. The molecule has 0 bridgehead atoms. The molecule has 0 spiro atoms. The van der Waals surface area contributed by atoms with Gasteiger partial charge in [0.15, 0.2) is 0 Å². The van der Waals surface area contributed by atoms with Crippen molar-refractivity contribution >= 4 is 17.5 Å². The van der Waals surface area contributed by atoms with E-state index >= 15 is 0 Å². The van der Waals surface area contributed by atoms with Crippen molar-refractivity contribution in [2.24, 2.45) is 5.41 Å². The maximum Gasteiger partial charge on any atom is 0.321 e. The van der Waals surface area contributed by atoms with Crippen LogP contribution >= 0.6 is 0 Å². The summed E-state index contributed by atoms with van der Waals surface area (Å²) in [5.74, 6) is 0.887. The Morgan fingerprint density at radius 2 is 2.08 bits per heavy atom. The van der Waals surface area contributed by atoms with Crippen LogP contribution < -0.4 is 10.2 Å². The highest BCUT2D eigenvalue weighted by molar-refractivity contribution is 5.89. The first-order valence-corrected chi connectivity index (χ1v) is 8.34. The van der Waals surface area contributed by atoms with Gasteiger partial charge in [-0.25, -0.2) is 9.78 Å². The average Bonchev–Trinajstić information content (AvgIpc) is 2.55. The Kier molecular flexibility index (Phi) is 6.39. The Bertz CT molecular complexity index is 522. The van der Waals surface area contributed by atoms with Gasteiger partial charge in [0, 0.05) is 26.2 Å². The third kappa shape index (κ3) is 5.65. The van der Waals surface area contributed by atoms with Crippen LogP contribution in [0, 0.1) is 5.41 Å². The molecular weight excluding hydrogens is 308 g/mol. The van der Waals surface area contributed by atoms with E-state index in [2.05, 4.69) is 36.0 Å². The van der Waals surface area contributed by atoms with Gasteiger partial charge in [0.2, 0.25) is 0 Å². The lowest BCUT2D eigenvalue weighted by molar-refractivity contribution is 0.122. The number of anilines is 2. The molecule has 1 aliphatic heterocycles. The molecule has 2 amide bonds. The summed E-state index contributed by atoms with van der Waals surface area (Å²) >= 11 is 0. The van der Waals surface area contributed by atoms with E-state index in [9.17, 15) is 9.90 Å². The fourth-order valence-corrected chi connectivity index (χ4v) is 2.59. The molecule has 0 atom stereocenters. The third-order valence-corrected chi connectivity index (χ3v) is 3.66. The summed E-state index contributed by atoms with van der Waals surface area (Å²) in [6, 6.07) is 3.53. The maximum absolute atomic E-state index is 12.4. The lowest BCUT2D eigenvalue weighted by Gasteiger charge is -2.30. The molecule has 24 heavy (non-hydrogen) atoms. The molecule has 0 saturated carbocycles. The molecule has 0 aromatic carbocycles. The van der Waals surface area contributed by atoms with Crippen LogP contribution in [0.3, 0.4) is 0 Å². The molecular formula is C17H28N4O3. The minimum atomic E-state index is -0.222. The third-order valence-electron chi connectivity index (χ3n) is 3.66. The minimum absolute atomic E-state index is 0.0368. The van der Waals surface area contributed by atoms with Crippen LogP contribution in [0.25, 0.3) is 0 Å². The number of ether oxygens (including phenoxy) is 1. The van der Waals surface area contributed by atoms with E-state index in [1.807, 2.05) is 12.1 Å². The lowest BCUT2D eigenvalue weighted by atomic mass is 9.96. The van der Waals surface area contributed by atoms with Crippen LogP contribution in [0.15, 0.2) is 18.3 Å². The van der Waals surface area contributed by atoms with Gasteiger partial charge < -0.3 is 25.0 Å². The number of rotatable bonds is 5. The number of aromatic nitrogens is 1. The summed E-state index contributed by atoms with van der Waals surface area (Å²) in [7, 11) is 0. The molecule has 0 unspecified atom stereocenters. The zero-order chi connectivity index (χ0) is 17.6. The Morgan fingerprint density at radius 3 is 2.62 bits per heavy atom. The van der Waals surface area contributed by atoms with Gasteiger partial charge in [-0.1, -0.05) is 20.8 Å². The van der Waals surface area contributed by atoms with E-state index in [0.717, 1.165) is 18.9 Å². The van der Waals surface area contributed by atoms with Crippen molar-refractivity contribution in [3.8, 4) is 0 Å². The highest BCUT2D eigenvalue weighted by Crippen LogP contribution is 2.18. The number of nitrogens with zero attached hydrogens (tertiary/aromatic N) is 3. The first kappa shape index (κ1) is 18.5. The quantitative estimate of drug-likeness (QED) is 0.857. The van der Waals surface area contributed by atoms with Gasteiger partial charge >= 0.3 is 6.03 Å². The number of hydrogen-bond acceptors (Lipinski definition) is 5. The summed E-state index contributed by atoms with van der Waals surface area (Å²) in [5, 5.41) is 12.0. The zero-order valence-corrected chi connectivity index (χ0v) is 14.8. The molecule has 0 aliphatic carbocycles. The Morgan fingerprint density at radius 1 is 1.38 bits per heavy atom. The van der Waals surface area contributed by atoms with E-state index < -0.39 is 0 Å². The highest BCUT2D eigenvalue weighted by atomic mass is 16.5. The van der Waals surface area contributed by atoms with Gasteiger partial charge in [0.05, 0.1) is 31.7 Å². The second-order valence-electron chi connectivity index (χ2n) is 7.14. The molecule has 1 saturated heterocycles. The number of amides is 2. The fraction of sp³-hybridized carbons (Fsp3) is 0.647. The SMILES string of the molecule is CC(C)(C)CN(CCO)C(=O)Nc1ccc(N2CCOCC2)nc1. The first-order valence-electron chi connectivity index (χ1n) is 8.34. The van der Waals surface area contributed by atoms with Crippen LogP contribution in [0.4, 0.5) is 16.3 Å². The van der Waals surface area contributed by atoms with Crippen LogP contribution in [-0.4, -0.2) is 67.0 Å². The largest absolute Gasteiger partial charge is 0.395 e. The highest BCUT2D eigenvalue weighted by Gasteiger charge is 2.21. The number of hydrogen-bond donors (Lipinski definition) is 2. The summed E-state index contributed by atoms with van der Waals surface area (Å²) in [6.07, 6.45) is 1.66. The number of urea groups is 1. The van der Waals surface area contributed by atoms with Gasteiger partial charge in [0.25, 0.3) is 0 Å². The topological polar surface area (TPSA) is 77.9 Å². The smallest absolute Gasteiger partial charge is 0.321 e. The van der Waals surface area contributed by atoms with Crippen LogP contribution in [0.1, 0.15) is 20.8 Å². The molecule has 1 aromatic rings. The Balaban J connectivity index is 1.96. The second kappa shape index (κ2) is 8.30. The van der Waals surface area contributed by atoms with E-state index in [-0.39, 0.29) is 18.1 Å². The number of nitrogens with one attached hydrogen (secondary N) is 1. The number of aliphatic hydroxyl groups excluding tert-OH is 1. The van der Waals surface area contributed by atoms with E-state index in [1.165, 1.54) is 0 Å². The number of carbonyl (C=O) groups excluding carboxylic acids is 1. The Labute approximate surface area is 143 Å². The van der Waals surface area contributed by atoms with Crippen molar-refractivity contribution in [2.75, 3.05) is 56.2 Å². The van der Waals surface area contributed by atoms with Crippen LogP contribution in [0.2, 0.25) is 0 Å². The van der Waals surface area contributed by atoms with Crippen molar-refractivity contribution in [3.63, 3.8) is 0 Å². The van der Waals surface area contributed by atoms with Crippen molar-refractivity contribution in [1.82, 2.24) is 9.88 Å². The molecule has 2 N–H and O–H groups in total. The molecule has 2 heterocycles. The van der Waals surface area contributed by atoms with Gasteiger partial charge in [-0.15, -0.1) is 0 Å². The maximum atomic E-state index is 12.4. The Hall–Kier alpha value is -1.86. The fourth-order valence-electron chi connectivity index (χ4n) is 2.59.